The van der Waals surface area contributed by atoms with Crippen LogP contribution < -0.4 is 0 Å². The Hall–Kier alpha value is -0.710. The van der Waals surface area contributed by atoms with Crippen LogP contribution in [0.3, 0.4) is 0 Å². The summed E-state index contributed by atoms with van der Waals surface area (Å²) < 4.78 is 18.3. The molecule has 0 amide bonds. The van der Waals surface area contributed by atoms with Gasteiger partial charge in [0.25, 0.3) is 0 Å². The van der Waals surface area contributed by atoms with E-state index in [2.05, 4.69) is 4.98 Å². The average Bonchev–Trinajstić information content (AvgIpc) is 2.24. The van der Waals surface area contributed by atoms with Gasteiger partial charge in [-0.3, -0.25) is 4.90 Å². The number of hydrogen-bond donors (Lipinski definition) is 0. The Morgan fingerprint density at radius 1 is 1.56 bits per heavy atom. The molecule has 1 aromatic heterocycles. The van der Waals surface area contributed by atoms with E-state index in [9.17, 15) is 4.39 Å². The molecule has 0 atom stereocenters. The molecule has 1 heterocycles. The van der Waals surface area contributed by atoms with Crippen LogP contribution in [-0.2, 0) is 11.3 Å². The van der Waals surface area contributed by atoms with Crippen LogP contribution in [0, 0.1) is 5.82 Å². The summed E-state index contributed by atoms with van der Waals surface area (Å²) in [6, 6.07) is 1.41. The highest BCUT2D eigenvalue weighted by Gasteiger charge is 2.05. The SMILES string of the molecule is CCOCCN(C)Cc1cnc(Cl)c(F)c1. The van der Waals surface area contributed by atoms with E-state index in [0.29, 0.717) is 19.8 Å². The Balaban J connectivity index is 2.43. The second kappa shape index (κ2) is 6.78. The summed E-state index contributed by atoms with van der Waals surface area (Å²) in [6.45, 7) is 4.78. The molecule has 5 heteroatoms. The number of rotatable bonds is 6. The lowest BCUT2D eigenvalue weighted by molar-refractivity contribution is 0.120. The minimum atomic E-state index is -0.475. The fourth-order valence-corrected chi connectivity index (χ4v) is 1.41. The van der Waals surface area contributed by atoms with Gasteiger partial charge in [0.05, 0.1) is 6.61 Å². The Morgan fingerprint density at radius 3 is 2.94 bits per heavy atom. The van der Waals surface area contributed by atoms with Crippen molar-refractivity contribution < 1.29 is 9.13 Å². The predicted octanol–water partition coefficient (Wildman–Crippen LogP) is 2.34. The lowest BCUT2D eigenvalue weighted by Crippen LogP contribution is -2.22. The Kier molecular flexibility index (Phi) is 5.66. The maximum Gasteiger partial charge on any atom is 0.164 e. The van der Waals surface area contributed by atoms with Crippen molar-refractivity contribution in [3.8, 4) is 0 Å². The highest BCUT2D eigenvalue weighted by molar-refractivity contribution is 6.29. The van der Waals surface area contributed by atoms with Crippen molar-refractivity contribution in [1.29, 1.82) is 0 Å². The molecule has 3 nitrogen and oxygen atoms in total. The first-order valence-electron chi connectivity index (χ1n) is 5.19. The number of halogens is 2. The van der Waals surface area contributed by atoms with Crippen LogP contribution in [0.5, 0.6) is 0 Å². The molecule has 0 fully saturated rings. The summed E-state index contributed by atoms with van der Waals surface area (Å²) in [5, 5.41) is -0.0827. The number of aromatic nitrogens is 1. The molecule has 0 radical (unpaired) electrons. The first-order valence-corrected chi connectivity index (χ1v) is 5.57. The summed E-state index contributed by atoms with van der Waals surface area (Å²) in [7, 11) is 1.95. The second-order valence-electron chi connectivity index (χ2n) is 3.55. The maximum atomic E-state index is 13.1. The number of pyridine rings is 1. The van der Waals surface area contributed by atoms with Crippen LogP contribution in [0.1, 0.15) is 12.5 Å². The van der Waals surface area contributed by atoms with Gasteiger partial charge in [0, 0.05) is 25.9 Å². The van der Waals surface area contributed by atoms with Crippen LogP contribution >= 0.6 is 11.6 Å². The Labute approximate surface area is 100 Å². The van der Waals surface area contributed by atoms with E-state index in [1.165, 1.54) is 6.07 Å². The van der Waals surface area contributed by atoms with Crippen LogP contribution in [0.15, 0.2) is 12.3 Å². The predicted molar refractivity (Wildman–Crippen MR) is 62.0 cm³/mol. The largest absolute Gasteiger partial charge is 0.380 e. The standard InChI is InChI=1S/C11H16ClFN2O/c1-3-16-5-4-15(2)8-9-6-10(13)11(12)14-7-9/h6-7H,3-5,8H2,1-2H3. The van der Waals surface area contributed by atoms with Gasteiger partial charge in [0.2, 0.25) is 0 Å². The molecule has 0 aliphatic rings. The molecule has 16 heavy (non-hydrogen) atoms. The molecule has 0 aliphatic carbocycles. The summed E-state index contributed by atoms with van der Waals surface area (Å²) in [4.78, 5) is 5.80. The van der Waals surface area contributed by atoms with Gasteiger partial charge in [0.15, 0.2) is 11.0 Å². The molecular weight excluding hydrogens is 231 g/mol. The molecule has 0 saturated carbocycles. The van der Waals surface area contributed by atoms with Gasteiger partial charge in [-0.25, -0.2) is 9.37 Å². The molecule has 0 aliphatic heterocycles. The molecule has 1 rings (SSSR count). The molecule has 0 spiro atoms. The van der Waals surface area contributed by atoms with E-state index < -0.39 is 5.82 Å². The summed E-state index contributed by atoms with van der Waals surface area (Å²) >= 11 is 5.50. The normalized spacial score (nSPS) is 11.1. The first-order chi connectivity index (χ1) is 7.63. The van der Waals surface area contributed by atoms with Crippen molar-refractivity contribution in [1.82, 2.24) is 9.88 Å². The van der Waals surface area contributed by atoms with Gasteiger partial charge in [-0.2, -0.15) is 0 Å². The monoisotopic (exact) mass is 246 g/mol. The third-order valence-corrected chi connectivity index (χ3v) is 2.41. The molecule has 0 saturated heterocycles. The van der Waals surface area contributed by atoms with Crippen molar-refractivity contribution in [2.45, 2.75) is 13.5 Å². The summed E-state index contributed by atoms with van der Waals surface area (Å²) in [5.41, 5.74) is 0.806. The van der Waals surface area contributed by atoms with Gasteiger partial charge < -0.3 is 4.74 Å². The zero-order chi connectivity index (χ0) is 12.0. The number of ether oxygens (including phenoxy) is 1. The van der Waals surface area contributed by atoms with Crippen LogP contribution in [0.2, 0.25) is 5.15 Å². The molecule has 1 aromatic rings. The molecule has 90 valence electrons. The van der Waals surface area contributed by atoms with Crippen molar-refractivity contribution >= 4 is 11.6 Å². The van der Waals surface area contributed by atoms with E-state index in [-0.39, 0.29) is 5.15 Å². The molecule has 0 aromatic carbocycles. The van der Waals surface area contributed by atoms with Gasteiger partial charge >= 0.3 is 0 Å². The van der Waals surface area contributed by atoms with E-state index in [4.69, 9.17) is 16.3 Å². The van der Waals surface area contributed by atoms with E-state index in [0.717, 1.165) is 12.1 Å². The van der Waals surface area contributed by atoms with Gasteiger partial charge in [0.1, 0.15) is 0 Å². The van der Waals surface area contributed by atoms with Crippen molar-refractivity contribution in [2.75, 3.05) is 26.8 Å². The lowest BCUT2D eigenvalue weighted by atomic mass is 10.2. The molecule has 0 unspecified atom stereocenters. The average molecular weight is 247 g/mol. The fraction of sp³-hybridized carbons (Fsp3) is 0.545. The third-order valence-electron chi connectivity index (χ3n) is 2.13. The van der Waals surface area contributed by atoms with Crippen LogP contribution in [0.25, 0.3) is 0 Å². The molecular formula is C11H16ClFN2O. The van der Waals surface area contributed by atoms with Crippen LogP contribution in [0.4, 0.5) is 4.39 Å². The first kappa shape index (κ1) is 13.4. The van der Waals surface area contributed by atoms with Crippen molar-refractivity contribution in [3.63, 3.8) is 0 Å². The lowest BCUT2D eigenvalue weighted by Gasteiger charge is -2.16. The topological polar surface area (TPSA) is 25.4 Å². The van der Waals surface area contributed by atoms with E-state index >= 15 is 0 Å². The quantitative estimate of drug-likeness (QED) is 0.569. The van der Waals surface area contributed by atoms with Crippen molar-refractivity contribution in [3.05, 3.63) is 28.8 Å². The van der Waals surface area contributed by atoms with Gasteiger partial charge in [-0.1, -0.05) is 11.6 Å². The maximum absolute atomic E-state index is 13.1. The van der Waals surface area contributed by atoms with Gasteiger partial charge in [-0.05, 0) is 25.6 Å². The fourth-order valence-electron chi connectivity index (χ4n) is 1.30. The summed E-state index contributed by atoms with van der Waals surface area (Å²) in [6.07, 6.45) is 1.59. The Bertz CT molecular complexity index is 336. The highest BCUT2D eigenvalue weighted by atomic mass is 35.5. The molecule has 0 bridgehead atoms. The smallest absolute Gasteiger partial charge is 0.164 e. The zero-order valence-corrected chi connectivity index (χ0v) is 10.3. The zero-order valence-electron chi connectivity index (χ0n) is 9.54. The minimum Gasteiger partial charge on any atom is -0.380 e. The third kappa shape index (κ3) is 4.43. The number of hydrogen-bond acceptors (Lipinski definition) is 3. The molecule has 0 N–H and O–H groups in total. The van der Waals surface area contributed by atoms with Crippen molar-refractivity contribution in [2.24, 2.45) is 0 Å². The Morgan fingerprint density at radius 2 is 2.31 bits per heavy atom. The number of nitrogens with zero attached hydrogens (tertiary/aromatic N) is 2. The van der Waals surface area contributed by atoms with Crippen LogP contribution in [-0.4, -0.2) is 36.7 Å². The van der Waals surface area contributed by atoms with E-state index in [1.807, 2.05) is 18.9 Å². The summed E-state index contributed by atoms with van der Waals surface area (Å²) in [5.74, 6) is -0.475. The van der Waals surface area contributed by atoms with E-state index in [1.54, 1.807) is 6.20 Å². The second-order valence-corrected chi connectivity index (χ2v) is 3.91. The highest BCUT2D eigenvalue weighted by Crippen LogP contribution is 2.12. The van der Waals surface area contributed by atoms with Gasteiger partial charge in [-0.15, -0.1) is 0 Å². The minimum absolute atomic E-state index is 0.0827. The number of likely N-dealkylation sites (N-methyl/N-ethyl adjacent to an activating group) is 1.